The second-order valence-electron chi connectivity index (χ2n) is 7.77. The molecule has 0 spiro atoms. The van der Waals surface area contributed by atoms with Crippen LogP contribution in [0.25, 0.3) is 0 Å². The van der Waals surface area contributed by atoms with Gasteiger partial charge in [0, 0.05) is 5.02 Å². The summed E-state index contributed by atoms with van der Waals surface area (Å²) in [6.07, 6.45) is 1.67. The van der Waals surface area contributed by atoms with Crippen LogP contribution in [0.4, 0.5) is 0 Å². The van der Waals surface area contributed by atoms with Crippen molar-refractivity contribution in [3.8, 4) is 0 Å². The van der Waals surface area contributed by atoms with E-state index >= 15 is 0 Å². The Bertz CT molecular complexity index is 1290. The standard InChI is InChI=1S/C26H24ClNO4S/c1-3-32-26(29)22-17-24(19-9-5-4-6-10-19)28(25(22)21-11-7-8-12-23(21)27)33(30,31)20-15-13-18(2)14-16-20/h4-17,24-25H,3H2,1-2H3/t24-,25-/m0/s1. The monoisotopic (exact) mass is 481 g/mol. The molecule has 1 heterocycles. The van der Waals surface area contributed by atoms with Crippen LogP contribution in [0, 0.1) is 6.92 Å². The van der Waals surface area contributed by atoms with Gasteiger partial charge in [-0.25, -0.2) is 13.2 Å². The summed E-state index contributed by atoms with van der Waals surface area (Å²) in [6.45, 7) is 3.78. The first-order valence-corrected chi connectivity index (χ1v) is 12.4. The molecule has 33 heavy (non-hydrogen) atoms. The number of carbonyl (C=O) groups excluding carboxylic acids is 1. The maximum atomic E-state index is 14.0. The first-order valence-electron chi connectivity index (χ1n) is 10.6. The average Bonchev–Trinajstić information content (AvgIpc) is 3.22. The van der Waals surface area contributed by atoms with E-state index in [4.69, 9.17) is 16.3 Å². The second-order valence-corrected chi connectivity index (χ2v) is 10.0. The summed E-state index contributed by atoms with van der Waals surface area (Å²) < 4.78 is 34.8. The Kier molecular flexibility index (Phi) is 6.70. The minimum absolute atomic E-state index is 0.143. The Hall–Kier alpha value is -2.93. The summed E-state index contributed by atoms with van der Waals surface area (Å²) in [4.78, 5) is 13.2. The van der Waals surface area contributed by atoms with Crippen molar-refractivity contribution in [1.29, 1.82) is 0 Å². The van der Waals surface area contributed by atoms with Gasteiger partial charge in [-0.2, -0.15) is 4.31 Å². The van der Waals surface area contributed by atoms with E-state index in [-0.39, 0.29) is 17.1 Å². The third-order valence-electron chi connectivity index (χ3n) is 5.61. The molecule has 0 saturated carbocycles. The fraction of sp³-hybridized carbons (Fsp3) is 0.192. The zero-order valence-corrected chi connectivity index (χ0v) is 19.9. The molecule has 0 saturated heterocycles. The van der Waals surface area contributed by atoms with E-state index in [9.17, 15) is 13.2 Å². The number of ether oxygens (including phenoxy) is 1. The summed E-state index contributed by atoms with van der Waals surface area (Å²) in [5.74, 6) is -0.565. The van der Waals surface area contributed by atoms with E-state index in [2.05, 4.69) is 0 Å². The molecule has 3 aromatic carbocycles. The molecule has 0 aliphatic carbocycles. The molecular weight excluding hydrogens is 458 g/mol. The van der Waals surface area contributed by atoms with Gasteiger partial charge in [0.05, 0.1) is 29.2 Å². The molecule has 0 fully saturated rings. The largest absolute Gasteiger partial charge is 0.463 e. The van der Waals surface area contributed by atoms with E-state index in [0.29, 0.717) is 10.6 Å². The summed E-state index contributed by atoms with van der Waals surface area (Å²) in [6, 6.07) is 21.2. The molecule has 0 unspecified atom stereocenters. The van der Waals surface area contributed by atoms with Gasteiger partial charge >= 0.3 is 5.97 Å². The number of nitrogens with zero attached hydrogens (tertiary/aromatic N) is 1. The fourth-order valence-electron chi connectivity index (χ4n) is 4.04. The van der Waals surface area contributed by atoms with Crippen molar-refractivity contribution >= 4 is 27.6 Å². The number of benzene rings is 3. The van der Waals surface area contributed by atoms with E-state index in [1.807, 2.05) is 37.3 Å². The third-order valence-corrected chi connectivity index (χ3v) is 7.81. The van der Waals surface area contributed by atoms with Gasteiger partial charge in [-0.1, -0.05) is 77.8 Å². The second kappa shape index (κ2) is 9.51. The van der Waals surface area contributed by atoms with Crippen LogP contribution in [0.5, 0.6) is 0 Å². The van der Waals surface area contributed by atoms with Crippen LogP contribution < -0.4 is 0 Å². The molecule has 7 heteroatoms. The van der Waals surface area contributed by atoms with Gasteiger partial charge in [-0.3, -0.25) is 0 Å². The van der Waals surface area contributed by atoms with E-state index in [0.717, 1.165) is 11.1 Å². The Balaban J connectivity index is 1.96. The van der Waals surface area contributed by atoms with Gasteiger partial charge in [0.1, 0.15) is 0 Å². The number of carbonyl (C=O) groups is 1. The minimum atomic E-state index is -4.03. The van der Waals surface area contributed by atoms with Gasteiger partial charge in [0.15, 0.2) is 0 Å². The molecular formula is C26H24ClNO4S. The molecule has 170 valence electrons. The summed E-state index contributed by atoms with van der Waals surface area (Å²) in [5.41, 5.74) is 2.45. The first-order chi connectivity index (χ1) is 15.8. The molecule has 1 aliphatic heterocycles. The highest BCUT2D eigenvalue weighted by Gasteiger charge is 2.47. The van der Waals surface area contributed by atoms with Gasteiger partial charge in [-0.05, 0) is 49.2 Å². The number of hydrogen-bond donors (Lipinski definition) is 0. The van der Waals surface area contributed by atoms with Crippen molar-refractivity contribution in [3.05, 3.63) is 112 Å². The number of sulfonamides is 1. The SMILES string of the molecule is CCOC(=O)C1=C[C@@H](c2ccccc2)N(S(=O)(=O)c2ccc(C)cc2)[C@H]1c1ccccc1Cl. The molecule has 3 aromatic rings. The molecule has 4 rings (SSSR count). The summed E-state index contributed by atoms with van der Waals surface area (Å²) >= 11 is 6.53. The molecule has 5 nitrogen and oxygen atoms in total. The highest BCUT2D eigenvalue weighted by Crippen LogP contribution is 2.48. The normalized spacial score (nSPS) is 18.7. The van der Waals surface area contributed by atoms with Crippen molar-refractivity contribution in [1.82, 2.24) is 4.31 Å². The predicted molar refractivity (Wildman–Crippen MR) is 128 cm³/mol. The van der Waals surface area contributed by atoms with Crippen LogP contribution >= 0.6 is 11.6 Å². The van der Waals surface area contributed by atoms with Crippen molar-refractivity contribution in [3.63, 3.8) is 0 Å². The maximum Gasteiger partial charge on any atom is 0.335 e. The fourth-order valence-corrected chi connectivity index (χ4v) is 5.99. The van der Waals surface area contributed by atoms with E-state index in [1.54, 1.807) is 61.5 Å². The minimum Gasteiger partial charge on any atom is -0.463 e. The summed E-state index contributed by atoms with van der Waals surface area (Å²) in [7, 11) is -4.03. The van der Waals surface area contributed by atoms with Gasteiger partial charge in [0.25, 0.3) is 0 Å². The molecule has 0 radical (unpaired) electrons. The Labute approximate surface area is 199 Å². The molecule has 0 bridgehead atoms. The molecule has 2 atom stereocenters. The van der Waals surface area contributed by atoms with Crippen molar-refractivity contribution in [2.24, 2.45) is 0 Å². The molecule has 1 aliphatic rings. The van der Waals surface area contributed by atoms with Gasteiger partial charge in [0.2, 0.25) is 10.0 Å². The highest BCUT2D eigenvalue weighted by molar-refractivity contribution is 7.89. The first kappa shape index (κ1) is 23.2. The van der Waals surface area contributed by atoms with Crippen molar-refractivity contribution in [2.75, 3.05) is 6.61 Å². The lowest BCUT2D eigenvalue weighted by molar-refractivity contribution is -0.138. The average molecular weight is 482 g/mol. The number of hydrogen-bond acceptors (Lipinski definition) is 4. The molecule has 0 aromatic heterocycles. The molecule has 0 amide bonds. The maximum absolute atomic E-state index is 14.0. The zero-order valence-electron chi connectivity index (χ0n) is 18.3. The molecule has 0 N–H and O–H groups in total. The lowest BCUT2D eigenvalue weighted by Crippen LogP contribution is -2.35. The smallest absolute Gasteiger partial charge is 0.335 e. The number of esters is 1. The number of rotatable bonds is 6. The topological polar surface area (TPSA) is 63.7 Å². The van der Waals surface area contributed by atoms with Crippen LogP contribution in [0.3, 0.4) is 0 Å². The van der Waals surface area contributed by atoms with Crippen LogP contribution in [0.1, 0.15) is 35.7 Å². The number of halogens is 1. The van der Waals surface area contributed by atoms with Crippen molar-refractivity contribution in [2.45, 2.75) is 30.8 Å². The van der Waals surface area contributed by atoms with Crippen LogP contribution in [-0.4, -0.2) is 25.3 Å². The highest BCUT2D eigenvalue weighted by atomic mass is 35.5. The Morgan fingerprint density at radius 1 is 0.970 bits per heavy atom. The van der Waals surface area contributed by atoms with E-state index < -0.39 is 28.1 Å². The summed E-state index contributed by atoms with van der Waals surface area (Å²) in [5, 5.41) is 0.371. The van der Waals surface area contributed by atoms with Crippen LogP contribution in [0.15, 0.2) is 95.4 Å². The zero-order chi connectivity index (χ0) is 23.6. The Morgan fingerprint density at radius 2 is 1.61 bits per heavy atom. The van der Waals surface area contributed by atoms with Crippen LogP contribution in [-0.2, 0) is 19.6 Å². The predicted octanol–water partition coefficient (Wildman–Crippen LogP) is 5.62. The third kappa shape index (κ3) is 4.47. The van der Waals surface area contributed by atoms with Crippen molar-refractivity contribution < 1.29 is 17.9 Å². The Morgan fingerprint density at radius 3 is 2.24 bits per heavy atom. The quantitative estimate of drug-likeness (QED) is 0.428. The lowest BCUT2D eigenvalue weighted by atomic mass is 10.0. The van der Waals surface area contributed by atoms with Gasteiger partial charge < -0.3 is 4.74 Å². The van der Waals surface area contributed by atoms with E-state index in [1.165, 1.54) is 4.31 Å². The van der Waals surface area contributed by atoms with Gasteiger partial charge in [-0.15, -0.1) is 0 Å². The lowest BCUT2D eigenvalue weighted by Gasteiger charge is -2.31. The number of aryl methyl sites for hydroxylation is 1. The van der Waals surface area contributed by atoms with Crippen LogP contribution in [0.2, 0.25) is 5.02 Å².